The van der Waals surface area contributed by atoms with E-state index in [2.05, 4.69) is 31.1 Å². The molecule has 2 rings (SSSR count). The van der Waals surface area contributed by atoms with Crippen LogP contribution in [0.3, 0.4) is 0 Å². The second-order valence-corrected chi connectivity index (χ2v) is 3.94. The maximum atomic E-state index is 5.46. The van der Waals surface area contributed by atoms with E-state index in [9.17, 15) is 0 Å². The molecule has 0 atom stereocenters. The fraction of sp³-hybridized carbons (Fsp3) is 0.375. The lowest BCUT2D eigenvalue weighted by Crippen LogP contribution is -2.03. The first-order chi connectivity index (χ1) is 7.15. The molecule has 6 nitrogen and oxygen atoms in total. The Morgan fingerprint density at radius 2 is 2.33 bits per heavy atom. The molecule has 0 aliphatic heterocycles. The van der Waals surface area contributed by atoms with Gasteiger partial charge in [0.2, 0.25) is 5.95 Å². The van der Waals surface area contributed by atoms with E-state index in [-0.39, 0.29) is 5.95 Å². The highest BCUT2D eigenvalue weighted by Gasteiger charge is 2.04. The molecular weight excluding hydrogens is 260 g/mol. The maximum absolute atomic E-state index is 5.46. The summed E-state index contributed by atoms with van der Waals surface area (Å²) in [5, 5.41) is 8.13. The first-order valence-electron chi connectivity index (χ1n) is 4.48. The monoisotopic (exact) mass is 270 g/mol. The molecule has 0 spiro atoms. The van der Waals surface area contributed by atoms with Crippen LogP contribution in [0.5, 0.6) is 0 Å². The summed E-state index contributed by atoms with van der Waals surface area (Å²) in [5.74, 6) is 0.285. The van der Waals surface area contributed by atoms with E-state index in [0.29, 0.717) is 4.73 Å². The number of hydrogen-bond acceptors (Lipinski definition) is 4. The molecule has 0 unspecified atom stereocenters. The van der Waals surface area contributed by atoms with Gasteiger partial charge in [-0.1, -0.05) is 0 Å². The molecule has 0 aliphatic rings. The molecule has 2 heterocycles. The van der Waals surface area contributed by atoms with Crippen molar-refractivity contribution in [2.24, 2.45) is 7.05 Å². The van der Waals surface area contributed by atoms with Crippen molar-refractivity contribution in [2.75, 3.05) is 5.73 Å². The van der Waals surface area contributed by atoms with Gasteiger partial charge in [-0.3, -0.25) is 4.68 Å². The molecular formula is C8H11BrN6. The smallest absolute Gasteiger partial charge is 0.240 e. The third-order valence-electron chi connectivity index (χ3n) is 2.01. The fourth-order valence-electron chi connectivity index (χ4n) is 1.32. The van der Waals surface area contributed by atoms with Gasteiger partial charge >= 0.3 is 0 Å². The second kappa shape index (κ2) is 4.01. The van der Waals surface area contributed by atoms with Crippen molar-refractivity contribution < 1.29 is 0 Å². The summed E-state index contributed by atoms with van der Waals surface area (Å²) >= 11 is 3.28. The summed E-state index contributed by atoms with van der Waals surface area (Å²) in [5.41, 5.74) is 6.63. The lowest BCUT2D eigenvalue weighted by atomic mass is 10.2. The van der Waals surface area contributed by atoms with Crippen LogP contribution in [0, 0.1) is 0 Å². The van der Waals surface area contributed by atoms with Crippen molar-refractivity contribution >= 4 is 21.9 Å². The molecule has 0 saturated heterocycles. The summed E-state index contributed by atoms with van der Waals surface area (Å²) < 4.78 is 4.16. The fourth-order valence-corrected chi connectivity index (χ4v) is 1.76. The van der Waals surface area contributed by atoms with E-state index in [4.69, 9.17) is 5.73 Å². The van der Waals surface area contributed by atoms with Gasteiger partial charge in [0.05, 0.1) is 6.20 Å². The van der Waals surface area contributed by atoms with Crippen molar-refractivity contribution in [1.29, 1.82) is 0 Å². The first kappa shape index (κ1) is 10.2. The summed E-state index contributed by atoms with van der Waals surface area (Å²) in [6, 6.07) is 0. The zero-order valence-electron chi connectivity index (χ0n) is 8.26. The summed E-state index contributed by atoms with van der Waals surface area (Å²) in [6.07, 6.45) is 4.68. The van der Waals surface area contributed by atoms with Gasteiger partial charge in [-0.2, -0.15) is 10.1 Å². The summed E-state index contributed by atoms with van der Waals surface area (Å²) in [7, 11) is 1.90. The Morgan fingerprint density at radius 3 is 2.87 bits per heavy atom. The Balaban J connectivity index is 2.01. The van der Waals surface area contributed by atoms with Crippen molar-refractivity contribution in [2.45, 2.75) is 13.0 Å². The molecule has 2 aromatic heterocycles. The highest BCUT2D eigenvalue weighted by Crippen LogP contribution is 2.09. The zero-order chi connectivity index (χ0) is 10.8. The van der Waals surface area contributed by atoms with E-state index in [1.165, 1.54) is 5.56 Å². The van der Waals surface area contributed by atoms with E-state index in [1.807, 2.05) is 19.4 Å². The predicted molar refractivity (Wildman–Crippen MR) is 59.0 cm³/mol. The van der Waals surface area contributed by atoms with Crippen LogP contribution in [0.1, 0.15) is 5.56 Å². The number of hydrogen-bond donors (Lipinski definition) is 1. The Labute approximate surface area is 95.2 Å². The standard InChI is InChI=1S/C8H11BrN6/c1-14-5-6(4-11-14)2-3-15-7(9)12-8(10)13-15/h4-5H,2-3H2,1H3,(H2,10,13). The van der Waals surface area contributed by atoms with Gasteiger partial charge in [-0.15, -0.1) is 5.10 Å². The van der Waals surface area contributed by atoms with E-state index in [1.54, 1.807) is 9.36 Å². The van der Waals surface area contributed by atoms with Gasteiger partial charge in [0, 0.05) is 19.8 Å². The van der Waals surface area contributed by atoms with E-state index in [0.717, 1.165) is 13.0 Å². The number of nitrogen functional groups attached to an aromatic ring is 1. The predicted octanol–water partition coefficient (Wildman–Crippen LogP) is 0.599. The summed E-state index contributed by atoms with van der Waals surface area (Å²) in [6.45, 7) is 0.733. The van der Waals surface area contributed by atoms with Crippen molar-refractivity contribution in [3.63, 3.8) is 0 Å². The lowest BCUT2D eigenvalue weighted by molar-refractivity contribution is 0.601. The maximum Gasteiger partial charge on any atom is 0.240 e. The third kappa shape index (κ3) is 2.35. The Kier molecular flexibility index (Phi) is 2.72. The molecule has 0 saturated carbocycles. The Bertz CT molecular complexity index is 459. The Morgan fingerprint density at radius 1 is 1.53 bits per heavy atom. The molecule has 7 heteroatoms. The van der Waals surface area contributed by atoms with Crippen LogP contribution in [0.25, 0.3) is 0 Å². The molecule has 0 fully saturated rings. The number of rotatable bonds is 3. The van der Waals surface area contributed by atoms with Gasteiger partial charge in [0.15, 0.2) is 4.73 Å². The van der Waals surface area contributed by atoms with E-state index < -0.39 is 0 Å². The lowest BCUT2D eigenvalue weighted by Gasteiger charge is -1.99. The van der Waals surface area contributed by atoms with Crippen LogP contribution in [-0.2, 0) is 20.0 Å². The first-order valence-corrected chi connectivity index (χ1v) is 5.28. The molecule has 0 radical (unpaired) electrons. The molecule has 0 aromatic carbocycles. The molecule has 0 amide bonds. The van der Waals surface area contributed by atoms with Gasteiger partial charge < -0.3 is 5.73 Å². The summed E-state index contributed by atoms with van der Waals surface area (Å²) in [4.78, 5) is 3.95. The van der Waals surface area contributed by atoms with E-state index >= 15 is 0 Å². The van der Waals surface area contributed by atoms with Crippen LogP contribution in [0.4, 0.5) is 5.95 Å². The molecule has 0 aliphatic carbocycles. The van der Waals surface area contributed by atoms with Gasteiger partial charge in [0.25, 0.3) is 0 Å². The van der Waals surface area contributed by atoms with Crippen LogP contribution >= 0.6 is 15.9 Å². The van der Waals surface area contributed by atoms with Crippen molar-refractivity contribution in [3.8, 4) is 0 Å². The third-order valence-corrected chi connectivity index (χ3v) is 2.60. The second-order valence-electron chi connectivity index (χ2n) is 3.23. The topological polar surface area (TPSA) is 74.5 Å². The molecule has 15 heavy (non-hydrogen) atoms. The number of nitrogens with zero attached hydrogens (tertiary/aromatic N) is 5. The van der Waals surface area contributed by atoms with Gasteiger partial charge in [0.1, 0.15) is 0 Å². The van der Waals surface area contributed by atoms with Crippen LogP contribution in [0.15, 0.2) is 17.1 Å². The average molecular weight is 271 g/mol. The SMILES string of the molecule is Cn1cc(CCn2nc(N)nc2Br)cn1. The van der Waals surface area contributed by atoms with Gasteiger partial charge in [-0.05, 0) is 27.9 Å². The van der Waals surface area contributed by atoms with Gasteiger partial charge in [-0.25, -0.2) is 4.68 Å². The minimum absolute atomic E-state index is 0.285. The zero-order valence-corrected chi connectivity index (χ0v) is 9.85. The normalized spacial score (nSPS) is 10.8. The molecule has 2 N–H and O–H groups in total. The number of anilines is 1. The molecule has 0 bridgehead atoms. The van der Waals surface area contributed by atoms with Crippen LogP contribution in [0.2, 0.25) is 0 Å². The number of halogens is 1. The van der Waals surface area contributed by atoms with Crippen LogP contribution < -0.4 is 5.73 Å². The number of aromatic nitrogens is 5. The largest absolute Gasteiger partial charge is 0.366 e. The van der Waals surface area contributed by atoms with Crippen molar-refractivity contribution in [1.82, 2.24) is 24.5 Å². The van der Waals surface area contributed by atoms with Crippen molar-refractivity contribution in [3.05, 3.63) is 22.7 Å². The number of nitrogens with two attached hydrogens (primary N) is 1. The molecule has 2 aromatic rings. The number of aryl methyl sites for hydroxylation is 3. The molecule has 80 valence electrons. The highest BCUT2D eigenvalue weighted by molar-refractivity contribution is 9.10. The quantitative estimate of drug-likeness (QED) is 0.887. The van der Waals surface area contributed by atoms with Crippen LogP contribution in [-0.4, -0.2) is 24.5 Å². The minimum atomic E-state index is 0.285. The highest BCUT2D eigenvalue weighted by atomic mass is 79.9. The minimum Gasteiger partial charge on any atom is -0.366 e. The average Bonchev–Trinajstić information content (AvgIpc) is 2.70. The Hall–Kier alpha value is -1.37.